The fourth-order valence-corrected chi connectivity index (χ4v) is 3.98. The quantitative estimate of drug-likeness (QED) is 0.434. The van der Waals surface area contributed by atoms with E-state index in [-0.39, 0.29) is 10.8 Å². The molecule has 0 radical (unpaired) electrons. The maximum Gasteiger partial charge on any atom is 0.129 e. The molecule has 104 valence electrons. The molecule has 1 fully saturated rings. The fraction of sp³-hybridized carbons (Fsp3) is 0.857. The molecule has 1 saturated heterocycles. The lowest BCUT2D eigenvalue weighted by Gasteiger charge is -2.19. The first-order chi connectivity index (χ1) is 7.95. The van der Waals surface area contributed by atoms with Crippen LogP contribution in [0.4, 0.5) is 0 Å². The van der Waals surface area contributed by atoms with Gasteiger partial charge in [0.1, 0.15) is 19.1 Å². The Morgan fingerprint density at radius 1 is 1.22 bits per heavy atom. The molecular formula is C14H27NOSSi. The summed E-state index contributed by atoms with van der Waals surface area (Å²) in [4.78, 5) is 0. The lowest BCUT2D eigenvalue weighted by Crippen LogP contribution is -2.29. The summed E-state index contributed by atoms with van der Waals surface area (Å²) >= 11 is 0. The molecule has 1 aliphatic rings. The van der Waals surface area contributed by atoms with Gasteiger partial charge in [0.2, 0.25) is 0 Å². The topological polar surface area (TPSA) is 20.1 Å². The Morgan fingerprint density at radius 2 is 1.72 bits per heavy atom. The van der Waals surface area contributed by atoms with Gasteiger partial charge in [0.05, 0.1) is 16.8 Å². The Morgan fingerprint density at radius 3 is 2.06 bits per heavy atom. The van der Waals surface area contributed by atoms with Crippen molar-refractivity contribution >= 4 is 19.1 Å². The minimum atomic E-state index is -1.34. The van der Waals surface area contributed by atoms with Crippen LogP contribution < -0.4 is 0 Å². The number of hydrogen-bond acceptors (Lipinski definition) is 1. The van der Waals surface area contributed by atoms with Crippen LogP contribution in [-0.2, 0) is 11.0 Å². The number of hydrogen-bond donors (Lipinski definition) is 0. The highest BCUT2D eigenvalue weighted by Gasteiger charge is 2.54. The van der Waals surface area contributed by atoms with Crippen LogP contribution in [0.25, 0.3) is 0 Å². The van der Waals surface area contributed by atoms with Crippen LogP contribution in [0.3, 0.4) is 0 Å². The minimum Gasteiger partial charge on any atom is -0.242 e. The molecule has 4 atom stereocenters. The van der Waals surface area contributed by atoms with Gasteiger partial charge in [0.25, 0.3) is 0 Å². The fourth-order valence-electron chi connectivity index (χ4n) is 1.86. The maximum absolute atomic E-state index is 12.5. The molecule has 18 heavy (non-hydrogen) atoms. The van der Waals surface area contributed by atoms with Crippen molar-refractivity contribution in [2.45, 2.75) is 71.1 Å². The van der Waals surface area contributed by atoms with Crippen LogP contribution in [0.5, 0.6) is 0 Å². The molecule has 2 unspecified atom stereocenters. The summed E-state index contributed by atoms with van der Waals surface area (Å²) in [7, 11) is -2.28. The molecule has 2 nitrogen and oxygen atoms in total. The molecular weight excluding hydrogens is 258 g/mol. The van der Waals surface area contributed by atoms with E-state index in [1.807, 2.05) is 20.8 Å². The second-order valence-corrected chi connectivity index (χ2v) is 14.3. The van der Waals surface area contributed by atoms with Crippen LogP contribution in [0.1, 0.15) is 34.6 Å². The molecule has 1 heterocycles. The largest absolute Gasteiger partial charge is 0.242 e. The summed E-state index contributed by atoms with van der Waals surface area (Å²) in [6.45, 7) is 17.2. The summed E-state index contributed by atoms with van der Waals surface area (Å²) in [6.07, 6.45) is 0. The van der Waals surface area contributed by atoms with Crippen molar-refractivity contribution in [2.24, 2.45) is 5.92 Å². The first-order valence-electron chi connectivity index (χ1n) is 6.68. The van der Waals surface area contributed by atoms with Crippen molar-refractivity contribution in [1.82, 2.24) is 4.31 Å². The summed E-state index contributed by atoms with van der Waals surface area (Å²) in [5.74, 6) is 3.89. The van der Waals surface area contributed by atoms with Crippen molar-refractivity contribution < 1.29 is 4.21 Å². The van der Waals surface area contributed by atoms with Crippen LogP contribution in [0.15, 0.2) is 0 Å². The van der Waals surface area contributed by atoms with E-state index in [2.05, 4.69) is 49.3 Å². The normalized spacial score (nSPS) is 29.7. The van der Waals surface area contributed by atoms with Gasteiger partial charge in [-0.2, -0.15) is 0 Å². The van der Waals surface area contributed by atoms with E-state index in [9.17, 15) is 4.21 Å². The van der Waals surface area contributed by atoms with E-state index in [4.69, 9.17) is 0 Å². The summed E-state index contributed by atoms with van der Waals surface area (Å²) < 4.78 is 14.4. The average molecular weight is 286 g/mol. The second kappa shape index (κ2) is 5.11. The van der Waals surface area contributed by atoms with Gasteiger partial charge in [-0.05, 0) is 26.7 Å². The van der Waals surface area contributed by atoms with E-state index in [0.717, 1.165) is 0 Å². The molecule has 0 aromatic heterocycles. The monoisotopic (exact) mass is 285 g/mol. The van der Waals surface area contributed by atoms with Crippen molar-refractivity contribution in [2.75, 3.05) is 0 Å². The zero-order chi connectivity index (χ0) is 14.3. The standard InChI is InChI=1S/C14H27NOSSi/c1-11(2)13-12(9-10-18(6,7)8)15(13)17(16)14(3,4)5/h11-13H,1-8H3/t12-,13-,15?,17?/m1/s1. The Balaban J connectivity index is 2.86. The Bertz CT molecular complexity index is 395. The van der Waals surface area contributed by atoms with Gasteiger partial charge in [-0.25, -0.2) is 8.51 Å². The zero-order valence-corrected chi connectivity index (χ0v) is 14.8. The van der Waals surface area contributed by atoms with E-state index < -0.39 is 19.1 Å². The predicted octanol–water partition coefficient (Wildman–Crippen LogP) is 3.04. The lowest BCUT2D eigenvalue weighted by atomic mass is 10.1. The number of rotatable bonds is 2. The van der Waals surface area contributed by atoms with E-state index in [0.29, 0.717) is 12.0 Å². The molecule has 0 aliphatic carbocycles. The third-order valence-corrected chi connectivity index (χ3v) is 5.59. The molecule has 1 aliphatic heterocycles. The smallest absolute Gasteiger partial charge is 0.129 e. The van der Waals surface area contributed by atoms with Gasteiger partial charge in [-0.1, -0.05) is 39.4 Å². The van der Waals surface area contributed by atoms with E-state index in [1.54, 1.807) is 0 Å². The minimum absolute atomic E-state index is 0.192. The van der Waals surface area contributed by atoms with Crippen LogP contribution in [0, 0.1) is 17.4 Å². The van der Waals surface area contributed by atoms with Gasteiger partial charge in [-0.15, -0.1) is 5.54 Å². The van der Waals surface area contributed by atoms with Crippen molar-refractivity contribution in [3.05, 3.63) is 0 Å². The maximum atomic E-state index is 12.5. The van der Waals surface area contributed by atoms with Gasteiger partial charge in [0, 0.05) is 0 Å². The predicted molar refractivity (Wildman–Crippen MR) is 83.3 cm³/mol. The van der Waals surface area contributed by atoms with Crippen molar-refractivity contribution in [3.63, 3.8) is 0 Å². The van der Waals surface area contributed by atoms with Gasteiger partial charge in [0.15, 0.2) is 0 Å². The second-order valence-electron chi connectivity index (χ2n) is 7.42. The molecule has 4 heteroatoms. The van der Waals surface area contributed by atoms with Gasteiger partial charge >= 0.3 is 0 Å². The van der Waals surface area contributed by atoms with Gasteiger partial charge in [-0.3, -0.25) is 0 Å². The van der Waals surface area contributed by atoms with Crippen LogP contribution in [-0.4, -0.2) is 33.4 Å². The molecule has 1 rings (SSSR count). The first kappa shape index (κ1) is 15.9. The highest BCUT2D eigenvalue weighted by Crippen LogP contribution is 2.39. The molecule has 0 saturated carbocycles. The van der Waals surface area contributed by atoms with E-state index in [1.165, 1.54) is 0 Å². The third-order valence-electron chi connectivity index (χ3n) is 2.80. The van der Waals surface area contributed by atoms with Crippen molar-refractivity contribution in [1.29, 1.82) is 0 Å². The SMILES string of the molecule is CC(C)[C@@H]1[C@@H](C#C[Si](C)(C)C)N1S(=O)C(C)(C)C. The van der Waals surface area contributed by atoms with E-state index >= 15 is 0 Å². The zero-order valence-electron chi connectivity index (χ0n) is 13.0. The first-order valence-corrected chi connectivity index (χ1v) is 11.3. The molecule has 0 spiro atoms. The highest BCUT2D eigenvalue weighted by atomic mass is 32.2. The van der Waals surface area contributed by atoms with Gasteiger partial charge < -0.3 is 0 Å². The Hall–Kier alpha value is -0.113. The molecule has 0 amide bonds. The van der Waals surface area contributed by atoms with Crippen LogP contribution >= 0.6 is 0 Å². The molecule has 0 aromatic rings. The highest BCUT2D eigenvalue weighted by molar-refractivity contribution is 7.84. The molecule has 0 aromatic carbocycles. The summed E-state index contributed by atoms with van der Waals surface area (Å²) in [6, 6.07) is 0.575. The summed E-state index contributed by atoms with van der Waals surface area (Å²) in [5, 5.41) is 0. The third kappa shape index (κ3) is 3.94. The van der Waals surface area contributed by atoms with Crippen LogP contribution in [0.2, 0.25) is 19.6 Å². The Labute approximate surface area is 116 Å². The summed E-state index contributed by atoms with van der Waals surface area (Å²) in [5.41, 5.74) is 3.42. The number of nitrogens with zero attached hydrogens (tertiary/aromatic N) is 1. The van der Waals surface area contributed by atoms with Crippen molar-refractivity contribution in [3.8, 4) is 11.5 Å². The average Bonchev–Trinajstić information content (AvgIpc) is 2.84. The molecule has 0 N–H and O–H groups in total. The lowest BCUT2D eigenvalue weighted by molar-refractivity contribution is 0.547. The Kier molecular flexibility index (Phi) is 4.52. The molecule has 0 bridgehead atoms.